The molecule has 0 aliphatic heterocycles. The van der Waals surface area contributed by atoms with Crippen LogP contribution in [0.25, 0.3) is 11.3 Å². The summed E-state index contributed by atoms with van der Waals surface area (Å²) in [5.41, 5.74) is 3.60. The highest BCUT2D eigenvalue weighted by Crippen LogP contribution is 2.20. The van der Waals surface area contributed by atoms with Gasteiger partial charge < -0.3 is 4.57 Å². The maximum Gasteiger partial charge on any atom is 0.106 e. The summed E-state index contributed by atoms with van der Waals surface area (Å²) in [4.78, 5) is 0. The first-order chi connectivity index (χ1) is 9.84. The van der Waals surface area contributed by atoms with E-state index in [2.05, 4.69) is 59.2 Å². The molecule has 1 nitrogen and oxygen atoms in total. The van der Waals surface area contributed by atoms with Crippen molar-refractivity contribution < 1.29 is 0 Å². The third-order valence-electron chi connectivity index (χ3n) is 3.30. The van der Waals surface area contributed by atoms with Gasteiger partial charge in [0.15, 0.2) is 0 Å². The molecule has 0 aliphatic carbocycles. The molecule has 0 spiro atoms. The lowest BCUT2D eigenvalue weighted by molar-refractivity contribution is 0.788. The molecule has 0 saturated heterocycles. The first kappa shape index (κ1) is 12.8. The Bertz CT molecular complexity index is 745. The summed E-state index contributed by atoms with van der Waals surface area (Å²) >= 11 is 5.50. The Morgan fingerprint density at radius 1 is 0.700 bits per heavy atom. The van der Waals surface area contributed by atoms with E-state index in [-0.39, 0.29) is 0 Å². The molecule has 2 aromatic carbocycles. The van der Waals surface area contributed by atoms with Crippen LogP contribution in [0.5, 0.6) is 0 Å². The minimum Gasteiger partial charge on any atom is -0.328 e. The van der Waals surface area contributed by atoms with Crippen LogP contribution >= 0.6 is 12.2 Å². The summed E-state index contributed by atoms with van der Waals surface area (Å²) in [7, 11) is 0. The highest BCUT2D eigenvalue weighted by molar-refractivity contribution is 7.71. The second kappa shape index (κ2) is 5.85. The third kappa shape index (κ3) is 2.70. The Morgan fingerprint density at radius 3 is 2.05 bits per heavy atom. The Morgan fingerprint density at radius 2 is 1.35 bits per heavy atom. The molecule has 0 aliphatic rings. The van der Waals surface area contributed by atoms with Crippen molar-refractivity contribution in [1.82, 2.24) is 4.57 Å². The molecular weight excluding hydrogens is 262 g/mol. The summed E-state index contributed by atoms with van der Waals surface area (Å²) in [6, 6.07) is 26.9. The fraction of sp³-hybridized carbons (Fsp3) is 0.0556. The summed E-state index contributed by atoms with van der Waals surface area (Å²) in [6.45, 7) is 0.796. The van der Waals surface area contributed by atoms with Crippen molar-refractivity contribution in [2.24, 2.45) is 0 Å². The zero-order valence-electron chi connectivity index (χ0n) is 11.1. The van der Waals surface area contributed by atoms with E-state index in [0.29, 0.717) is 0 Å². The number of hydrogen-bond donors (Lipinski definition) is 0. The van der Waals surface area contributed by atoms with Gasteiger partial charge in [-0.1, -0.05) is 78.9 Å². The lowest BCUT2D eigenvalue weighted by Gasteiger charge is -2.14. The van der Waals surface area contributed by atoms with E-state index < -0.39 is 0 Å². The Balaban J connectivity index is 2.09. The number of rotatable bonds is 3. The lowest BCUT2D eigenvalue weighted by atomic mass is 10.1. The fourth-order valence-corrected chi connectivity index (χ4v) is 2.55. The standard InChI is InChI=1S/C18H15NS/c20-18-13-7-12-17(16-10-5-2-6-11-16)19(18)14-15-8-3-1-4-9-15/h1-13H,14H2. The van der Waals surface area contributed by atoms with Gasteiger partial charge in [-0.25, -0.2) is 0 Å². The molecule has 3 aromatic rings. The normalized spacial score (nSPS) is 10.4. The van der Waals surface area contributed by atoms with Crippen LogP contribution in [0.15, 0.2) is 78.9 Å². The van der Waals surface area contributed by atoms with Crippen molar-refractivity contribution in [2.45, 2.75) is 6.54 Å². The topological polar surface area (TPSA) is 4.93 Å². The van der Waals surface area contributed by atoms with Crippen LogP contribution in [0, 0.1) is 4.64 Å². The summed E-state index contributed by atoms with van der Waals surface area (Å²) < 4.78 is 3.04. The molecule has 98 valence electrons. The van der Waals surface area contributed by atoms with E-state index >= 15 is 0 Å². The molecule has 0 radical (unpaired) electrons. The predicted molar refractivity (Wildman–Crippen MR) is 86.2 cm³/mol. The zero-order chi connectivity index (χ0) is 13.8. The molecule has 1 heterocycles. The highest BCUT2D eigenvalue weighted by atomic mass is 32.1. The van der Waals surface area contributed by atoms with Gasteiger partial charge in [0.2, 0.25) is 0 Å². The number of pyridine rings is 1. The van der Waals surface area contributed by atoms with Crippen molar-refractivity contribution in [3.63, 3.8) is 0 Å². The lowest BCUT2D eigenvalue weighted by Crippen LogP contribution is -2.05. The van der Waals surface area contributed by atoms with Gasteiger partial charge in [0, 0.05) is 12.2 Å². The smallest absolute Gasteiger partial charge is 0.106 e. The van der Waals surface area contributed by atoms with E-state index in [1.54, 1.807) is 0 Å². The van der Waals surface area contributed by atoms with Crippen molar-refractivity contribution in [3.05, 3.63) is 89.1 Å². The van der Waals surface area contributed by atoms with E-state index in [0.717, 1.165) is 16.9 Å². The summed E-state index contributed by atoms with van der Waals surface area (Å²) in [6.07, 6.45) is 0. The summed E-state index contributed by atoms with van der Waals surface area (Å²) in [5.74, 6) is 0. The second-order valence-electron chi connectivity index (χ2n) is 4.69. The molecule has 0 fully saturated rings. The van der Waals surface area contributed by atoms with Gasteiger partial charge in [-0.15, -0.1) is 0 Å². The molecule has 3 rings (SSSR count). The zero-order valence-corrected chi connectivity index (χ0v) is 11.9. The molecule has 0 N–H and O–H groups in total. The molecule has 2 heteroatoms. The minimum atomic E-state index is 0.796. The fourth-order valence-electron chi connectivity index (χ4n) is 2.31. The van der Waals surface area contributed by atoms with Crippen LogP contribution < -0.4 is 0 Å². The van der Waals surface area contributed by atoms with Gasteiger partial charge in [0.1, 0.15) is 4.64 Å². The van der Waals surface area contributed by atoms with Crippen LogP contribution in [0.1, 0.15) is 5.56 Å². The molecule has 1 aromatic heterocycles. The van der Waals surface area contributed by atoms with Gasteiger partial charge in [0.25, 0.3) is 0 Å². The van der Waals surface area contributed by atoms with Crippen molar-refractivity contribution in [3.8, 4) is 11.3 Å². The van der Waals surface area contributed by atoms with Gasteiger partial charge in [-0.3, -0.25) is 0 Å². The SMILES string of the molecule is S=c1cccc(-c2ccccc2)n1Cc1ccccc1. The Hall–Kier alpha value is -2.19. The van der Waals surface area contributed by atoms with Crippen LogP contribution in [-0.4, -0.2) is 4.57 Å². The summed E-state index contributed by atoms with van der Waals surface area (Å²) in [5, 5.41) is 0. The molecular formula is C18H15NS. The van der Waals surface area contributed by atoms with Gasteiger partial charge in [-0.05, 0) is 23.3 Å². The van der Waals surface area contributed by atoms with Crippen LogP contribution in [0.2, 0.25) is 0 Å². The first-order valence-corrected chi connectivity index (χ1v) is 7.04. The Labute approximate surface area is 124 Å². The van der Waals surface area contributed by atoms with E-state index in [1.165, 1.54) is 11.1 Å². The van der Waals surface area contributed by atoms with Gasteiger partial charge >= 0.3 is 0 Å². The van der Waals surface area contributed by atoms with E-state index in [1.807, 2.05) is 24.3 Å². The number of nitrogens with zero attached hydrogens (tertiary/aromatic N) is 1. The maximum atomic E-state index is 5.50. The molecule has 0 bridgehead atoms. The van der Waals surface area contributed by atoms with Crippen LogP contribution in [0.3, 0.4) is 0 Å². The minimum absolute atomic E-state index is 0.796. The largest absolute Gasteiger partial charge is 0.328 e. The second-order valence-corrected chi connectivity index (χ2v) is 5.11. The van der Waals surface area contributed by atoms with Gasteiger partial charge in [0.05, 0.1) is 0 Å². The predicted octanol–water partition coefficient (Wildman–Crippen LogP) is 4.93. The molecule has 0 amide bonds. The average molecular weight is 277 g/mol. The van der Waals surface area contributed by atoms with E-state index in [9.17, 15) is 0 Å². The van der Waals surface area contributed by atoms with Crippen LogP contribution in [0.4, 0.5) is 0 Å². The van der Waals surface area contributed by atoms with Gasteiger partial charge in [-0.2, -0.15) is 0 Å². The maximum absolute atomic E-state index is 5.50. The van der Waals surface area contributed by atoms with Crippen molar-refractivity contribution >= 4 is 12.2 Å². The molecule has 20 heavy (non-hydrogen) atoms. The van der Waals surface area contributed by atoms with Crippen LogP contribution in [-0.2, 0) is 6.54 Å². The average Bonchev–Trinajstić information content (AvgIpc) is 2.51. The first-order valence-electron chi connectivity index (χ1n) is 6.64. The number of hydrogen-bond acceptors (Lipinski definition) is 1. The van der Waals surface area contributed by atoms with Crippen molar-refractivity contribution in [1.29, 1.82) is 0 Å². The molecule has 0 atom stereocenters. The molecule has 0 unspecified atom stereocenters. The highest BCUT2D eigenvalue weighted by Gasteiger charge is 2.04. The monoisotopic (exact) mass is 277 g/mol. The quantitative estimate of drug-likeness (QED) is 0.614. The number of benzene rings is 2. The third-order valence-corrected chi connectivity index (χ3v) is 3.66. The Kier molecular flexibility index (Phi) is 3.75. The van der Waals surface area contributed by atoms with E-state index in [4.69, 9.17) is 12.2 Å². The molecule has 0 saturated carbocycles. The van der Waals surface area contributed by atoms with Crippen molar-refractivity contribution in [2.75, 3.05) is 0 Å². The number of aromatic nitrogens is 1.